The van der Waals surface area contributed by atoms with Crippen molar-refractivity contribution in [1.29, 1.82) is 0 Å². The Morgan fingerprint density at radius 2 is 2.21 bits per heavy atom. The second-order valence-electron chi connectivity index (χ2n) is 4.41. The fourth-order valence-corrected chi connectivity index (χ4v) is 1.78. The minimum absolute atomic E-state index is 0.393. The molecule has 0 fully saturated rings. The normalized spacial score (nSPS) is 11.6. The molecule has 0 aliphatic carbocycles. The number of aryl methyl sites for hydroxylation is 2. The van der Waals surface area contributed by atoms with E-state index in [0.29, 0.717) is 12.5 Å². The third-order valence-corrected chi connectivity index (χ3v) is 2.97. The topological polar surface area (TPSA) is 63.5 Å². The van der Waals surface area contributed by atoms with Crippen LogP contribution in [0.3, 0.4) is 0 Å². The number of anilines is 1. The average Bonchev–Trinajstić information content (AvgIpc) is 2.82. The Morgan fingerprint density at radius 1 is 1.37 bits per heavy atom. The summed E-state index contributed by atoms with van der Waals surface area (Å²) in [5.41, 5.74) is 9.17. The van der Waals surface area contributed by atoms with Gasteiger partial charge in [-0.05, 0) is 42.7 Å². The van der Waals surface area contributed by atoms with E-state index >= 15 is 0 Å². The number of nitrogens with one attached hydrogen (secondary N) is 1. The number of nitrogens with zero attached hydrogens (tertiary/aromatic N) is 1. The Kier molecular flexibility index (Phi) is 4.23. The highest BCUT2D eigenvalue weighted by Crippen LogP contribution is 2.12. The Labute approximate surface area is 113 Å². The minimum atomic E-state index is 0.393. The van der Waals surface area contributed by atoms with Crippen LogP contribution in [0.2, 0.25) is 0 Å². The molecule has 3 N–H and O–H groups in total. The van der Waals surface area contributed by atoms with Crippen LogP contribution in [0.5, 0.6) is 0 Å². The number of guanidine groups is 1. The van der Waals surface area contributed by atoms with Crippen molar-refractivity contribution in [3.8, 4) is 0 Å². The van der Waals surface area contributed by atoms with Crippen molar-refractivity contribution in [2.75, 3.05) is 5.32 Å². The fourth-order valence-electron chi connectivity index (χ4n) is 1.78. The van der Waals surface area contributed by atoms with Crippen molar-refractivity contribution in [2.24, 2.45) is 10.7 Å². The summed E-state index contributed by atoms with van der Waals surface area (Å²) < 4.78 is 5.31. The van der Waals surface area contributed by atoms with E-state index in [1.165, 1.54) is 5.56 Å². The molecule has 0 radical (unpaired) electrons. The lowest BCUT2D eigenvalue weighted by Crippen LogP contribution is -2.22. The van der Waals surface area contributed by atoms with E-state index in [4.69, 9.17) is 10.2 Å². The first-order valence-corrected chi connectivity index (χ1v) is 6.38. The number of aliphatic imine (C=N–C) groups is 1. The van der Waals surface area contributed by atoms with Crippen LogP contribution in [0.15, 0.2) is 46.0 Å². The molecular formula is C15H19N3O. The molecule has 0 spiro atoms. The summed E-state index contributed by atoms with van der Waals surface area (Å²) >= 11 is 0. The van der Waals surface area contributed by atoms with Gasteiger partial charge in [0.25, 0.3) is 0 Å². The van der Waals surface area contributed by atoms with Gasteiger partial charge in [-0.1, -0.05) is 19.1 Å². The first-order valence-electron chi connectivity index (χ1n) is 6.38. The van der Waals surface area contributed by atoms with Crippen molar-refractivity contribution >= 4 is 11.6 Å². The van der Waals surface area contributed by atoms with E-state index in [2.05, 4.69) is 29.4 Å². The molecule has 4 heteroatoms. The van der Waals surface area contributed by atoms with E-state index in [0.717, 1.165) is 23.4 Å². The first-order chi connectivity index (χ1) is 9.19. The molecule has 0 aliphatic rings. The third kappa shape index (κ3) is 3.61. The van der Waals surface area contributed by atoms with E-state index in [-0.39, 0.29) is 0 Å². The molecule has 0 bridgehead atoms. The van der Waals surface area contributed by atoms with E-state index in [1.54, 1.807) is 6.26 Å². The quantitative estimate of drug-likeness (QED) is 0.653. The maximum atomic E-state index is 5.86. The van der Waals surface area contributed by atoms with Crippen molar-refractivity contribution in [3.05, 3.63) is 53.5 Å². The number of benzene rings is 1. The van der Waals surface area contributed by atoms with Crippen molar-refractivity contribution in [2.45, 2.75) is 26.8 Å². The largest absolute Gasteiger partial charge is 0.467 e. The van der Waals surface area contributed by atoms with Crippen molar-refractivity contribution in [1.82, 2.24) is 0 Å². The number of furan rings is 1. The third-order valence-electron chi connectivity index (χ3n) is 2.97. The predicted molar refractivity (Wildman–Crippen MR) is 78.2 cm³/mol. The highest BCUT2D eigenvalue weighted by Gasteiger charge is 2.01. The molecule has 0 saturated heterocycles. The summed E-state index contributed by atoms with van der Waals surface area (Å²) in [5, 5.41) is 3.08. The first kappa shape index (κ1) is 13.2. The molecule has 19 heavy (non-hydrogen) atoms. The molecule has 0 amide bonds. The summed E-state index contributed by atoms with van der Waals surface area (Å²) in [5.74, 6) is 1.23. The Balaban J connectivity index is 2.00. The fraction of sp³-hybridized carbons (Fsp3) is 0.267. The summed E-state index contributed by atoms with van der Waals surface area (Å²) in [6, 6.07) is 10.1. The molecule has 4 nitrogen and oxygen atoms in total. The highest BCUT2D eigenvalue weighted by molar-refractivity contribution is 5.92. The molecule has 1 aromatic carbocycles. The highest BCUT2D eigenvalue weighted by atomic mass is 16.3. The Bertz CT molecular complexity index is 572. The van der Waals surface area contributed by atoms with Crippen molar-refractivity contribution < 1.29 is 4.42 Å². The van der Waals surface area contributed by atoms with Gasteiger partial charge < -0.3 is 15.5 Å². The molecule has 1 heterocycles. The Hall–Kier alpha value is -2.23. The Morgan fingerprint density at radius 3 is 2.89 bits per heavy atom. The number of rotatable bonds is 4. The van der Waals surface area contributed by atoms with Gasteiger partial charge in [0.15, 0.2) is 5.96 Å². The number of hydrogen-bond acceptors (Lipinski definition) is 2. The predicted octanol–water partition coefficient (Wildman–Crippen LogP) is 3.08. The molecular weight excluding hydrogens is 238 g/mol. The van der Waals surface area contributed by atoms with Gasteiger partial charge in [0, 0.05) is 5.69 Å². The van der Waals surface area contributed by atoms with E-state index in [9.17, 15) is 0 Å². The lowest BCUT2D eigenvalue weighted by atomic mass is 10.1. The molecule has 0 aliphatic heterocycles. The van der Waals surface area contributed by atoms with Crippen LogP contribution < -0.4 is 11.1 Å². The summed E-state index contributed by atoms with van der Waals surface area (Å²) in [6.07, 6.45) is 2.66. The van der Waals surface area contributed by atoms with Crippen molar-refractivity contribution in [3.63, 3.8) is 0 Å². The van der Waals surface area contributed by atoms with Gasteiger partial charge in [0.2, 0.25) is 0 Å². The van der Waals surface area contributed by atoms with Crippen LogP contribution in [0, 0.1) is 6.92 Å². The van der Waals surface area contributed by atoms with E-state index in [1.807, 2.05) is 25.1 Å². The smallest absolute Gasteiger partial charge is 0.193 e. The number of nitrogens with two attached hydrogens (primary N) is 1. The molecule has 1 aromatic heterocycles. The molecule has 2 aromatic rings. The second kappa shape index (κ2) is 6.09. The maximum Gasteiger partial charge on any atom is 0.193 e. The summed E-state index contributed by atoms with van der Waals surface area (Å²) in [6.45, 7) is 4.56. The van der Waals surface area contributed by atoms with E-state index < -0.39 is 0 Å². The zero-order valence-electron chi connectivity index (χ0n) is 11.3. The van der Waals surface area contributed by atoms with Gasteiger partial charge in [-0.2, -0.15) is 0 Å². The summed E-state index contributed by atoms with van der Waals surface area (Å²) in [4.78, 5) is 4.27. The van der Waals surface area contributed by atoms with Gasteiger partial charge in [-0.15, -0.1) is 0 Å². The lowest BCUT2D eigenvalue weighted by Gasteiger charge is -2.06. The van der Waals surface area contributed by atoms with Crippen LogP contribution in [-0.2, 0) is 13.0 Å². The second-order valence-corrected chi connectivity index (χ2v) is 4.41. The molecule has 0 unspecified atom stereocenters. The van der Waals surface area contributed by atoms with Gasteiger partial charge in [0.05, 0.1) is 6.26 Å². The summed E-state index contributed by atoms with van der Waals surface area (Å²) in [7, 11) is 0. The maximum absolute atomic E-state index is 5.86. The zero-order chi connectivity index (χ0) is 13.7. The zero-order valence-corrected chi connectivity index (χ0v) is 11.3. The number of hydrogen-bond donors (Lipinski definition) is 2. The molecule has 2 rings (SSSR count). The van der Waals surface area contributed by atoms with Crippen LogP contribution in [0.4, 0.5) is 5.69 Å². The van der Waals surface area contributed by atoms with Gasteiger partial charge >= 0.3 is 0 Å². The molecule has 100 valence electrons. The molecule has 0 atom stereocenters. The van der Waals surface area contributed by atoms with Gasteiger partial charge in [-0.25, -0.2) is 4.99 Å². The molecule has 0 saturated carbocycles. The lowest BCUT2D eigenvalue weighted by molar-refractivity contribution is 0.510. The van der Waals surface area contributed by atoms with Crippen LogP contribution >= 0.6 is 0 Å². The SMILES string of the molecule is CCc1cccc(NC(N)=NCc2occc2C)c1. The minimum Gasteiger partial charge on any atom is -0.467 e. The van der Waals surface area contributed by atoms with Crippen LogP contribution in [0.1, 0.15) is 23.8 Å². The van der Waals surface area contributed by atoms with Crippen LogP contribution in [-0.4, -0.2) is 5.96 Å². The standard InChI is InChI=1S/C15H19N3O/c1-3-12-5-4-6-13(9-12)18-15(16)17-10-14-11(2)7-8-19-14/h4-9H,3,10H2,1-2H3,(H3,16,17,18). The van der Waals surface area contributed by atoms with Gasteiger partial charge in [-0.3, -0.25) is 0 Å². The van der Waals surface area contributed by atoms with Crippen LogP contribution in [0.25, 0.3) is 0 Å². The average molecular weight is 257 g/mol. The van der Waals surface area contributed by atoms with Gasteiger partial charge in [0.1, 0.15) is 12.3 Å². The monoisotopic (exact) mass is 257 g/mol.